The van der Waals surface area contributed by atoms with Crippen LogP contribution in [0, 0.1) is 0 Å². The number of hydrogen-bond acceptors (Lipinski definition) is 2. The van der Waals surface area contributed by atoms with E-state index in [9.17, 15) is 0 Å². The van der Waals surface area contributed by atoms with Gasteiger partial charge in [-0.05, 0) is 23.4 Å². The van der Waals surface area contributed by atoms with Crippen LogP contribution in [-0.4, -0.2) is 15.7 Å². The van der Waals surface area contributed by atoms with Crippen molar-refractivity contribution >= 4 is 24.2 Å². The first-order valence-corrected chi connectivity index (χ1v) is 5.71. The number of aromatic amines is 1. The lowest BCUT2D eigenvalue weighted by Crippen LogP contribution is -1.88. The van der Waals surface area contributed by atoms with Gasteiger partial charge in [-0.3, -0.25) is 0 Å². The van der Waals surface area contributed by atoms with Crippen molar-refractivity contribution in [2.45, 2.75) is 6.42 Å². The normalized spacial score (nSPS) is 10.5. The zero-order chi connectivity index (χ0) is 10.7. The first-order chi connectivity index (χ1) is 7.29. The molecule has 78 valence electrons. The Labute approximate surface area is 99.1 Å². The molecule has 0 saturated heterocycles. The third-order valence-corrected chi connectivity index (χ3v) is 2.61. The average molecular weight is 239 g/mol. The van der Waals surface area contributed by atoms with Crippen molar-refractivity contribution < 1.29 is 0 Å². The number of benzene rings is 1. The molecule has 0 aliphatic rings. The summed E-state index contributed by atoms with van der Waals surface area (Å²) in [5, 5.41) is 0.744. The number of halogens is 1. The lowest BCUT2D eigenvalue weighted by atomic mass is 10.2. The Morgan fingerprint density at radius 3 is 2.67 bits per heavy atom. The molecule has 0 fully saturated rings. The van der Waals surface area contributed by atoms with Gasteiger partial charge >= 0.3 is 0 Å². The summed E-state index contributed by atoms with van der Waals surface area (Å²) >= 11 is 9.98. The highest BCUT2D eigenvalue weighted by Gasteiger charge is 2.02. The molecule has 1 N–H and O–H groups in total. The molecule has 0 radical (unpaired) electrons. The summed E-state index contributed by atoms with van der Waals surface area (Å²) < 4.78 is 0. The Balaban J connectivity index is 2.25. The summed E-state index contributed by atoms with van der Waals surface area (Å²) in [5.74, 6) is 1.77. The molecule has 0 unspecified atom stereocenters. The van der Waals surface area contributed by atoms with Crippen LogP contribution >= 0.6 is 24.2 Å². The van der Waals surface area contributed by atoms with E-state index in [1.54, 1.807) is 0 Å². The molecular weight excluding hydrogens is 228 g/mol. The van der Waals surface area contributed by atoms with Gasteiger partial charge in [-0.15, -0.1) is 0 Å². The standard InChI is InChI=1S/C11H11ClN2S/c12-9-3-1-8(2-4-9)10-7-13-11(14-10)5-6-15/h1-4,7,15H,5-6H2,(H,13,14). The van der Waals surface area contributed by atoms with E-state index in [0.29, 0.717) is 0 Å². The number of nitrogens with zero attached hydrogens (tertiary/aromatic N) is 1. The molecule has 0 aliphatic heterocycles. The Kier molecular flexibility index (Phi) is 3.34. The molecule has 1 aromatic heterocycles. The molecule has 0 amide bonds. The van der Waals surface area contributed by atoms with E-state index in [0.717, 1.165) is 34.3 Å². The van der Waals surface area contributed by atoms with Crippen molar-refractivity contribution in [3.8, 4) is 11.3 Å². The van der Waals surface area contributed by atoms with E-state index in [1.165, 1.54) is 0 Å². The molecule has 1 heterocycles. The van der Waals surface area contributed by atoms with Gasteiger partial charge in [0.15, 0.2) is 0 Å². The first-order valence-electron chi connectivity index (χ1n) is 4.70. The fourth-order valence-electron chi connectivity index (χ4n) is 1.37. The Bertz CT molecular complexity index is 436. The zero-order valence-electron chi connectivity index (χ0n) is 8.07. The van der Waals surface area contributed by atoms with Crippen molar-refractivity contribution in [3.63, 3.8) is 0 Å². The number of aromatic nitrogens is 2. The van der Waals surface area contributed by atoms with E-state index in [2.05, 4.69) is 22.6 Å². The molecule has 0 atom stereocenters. The molecule has 0 spiro atoms. The highest BCUT2D eigenvalue weighted by atomic mass is 35.5. The fraction of sp³-hybridized carbons (Fsp3) is 0.182. The average Bonchev–Trinajstić information content (AvgIpc) is 2.68. The predicted octanol–water partition coefficient (Wildman–Crippen LogP) is 3.20. The summed E-state index contributed by atoms with van der Waals surface area (Å²) in [4.78, 5) is 7.51. The number of rotatable bonds is 3. The Morgan fingerprint density at radius 1 is 1.27 bits per heavy atom. The van der Waals surface area contributed by atoms with E-state index in [-0.39, 0.29) is 0 Å². The highest BCUT2D eigenvalue weighted by Crippen LogP contribution is 2.19. The molecule has 2 aromatic rings. The number of nitrogens with one attached hydrogen (secondary N) is 1. The van der Waals surface area contributed by atoms with Crippen molar-refractivity contribution in [2.24, 2.45) is 0 Å². The van der Waals surface area contributed by atoms with Gasteiger partial charge in [0.2, 0.25) is 0 Å². The highest BCUT2D eigenvalue weighted by molar-refractivity contribution is 7.80. The topological polar surface area (TPSA) is 28.7 Å². The summed E-state index contributed by atoms with van der Waals surface area (Å²) in [6.45, 7) is 0. The number of aryl methyl sites for hydroxylation is 1. The maximum atomic E-state index is 5.82. The predicted molar refractivity (Wildman–Crippen MR) is 66.6 cm³/mol. The zero-order valence-corrected chi connectivity index (χ0v) is 9.72. The second kappa shape index (κ2) is 4.73. The van der Waals surface area contributed by atoms with Gasteiger partial charge < -0.3 is 4.98 Å². The van der Waals surface area contributed by atoms with E-state index in [1.807, 2.05) is 30.5 Å². The molecular formula is C11H11ClN2S. The van der Waals surface area contributed by atoms with Gasteiger partial charge in [0.1, 0.15) is 5.82 Å². The number of imidazole rings is 1. The van der Waals surface area contributed by atoms with E-state index >= 15 is 0 Å². The van der Waals surface area contributed by atoms with Crippen LogP contribution in [0.4, 0.5) is 0 Å². The van der Waals surface area contributed by atoms with Crippen LogP contribution in [0.3, 0.4) is 0 Å². The minimum atomic E-state index is 0.744. The number of hydrogen-bond donors (Lipinski definition) is 2. The fourth-order valence-corrected chi connectivity index (χ4v) is 1.71. The van der Waals surface area contributed by atoms with Gasteiger partial charge in [-0.2, -0.15) is 12.6 Å². The lowest BCUT2D eigenvalue weighted by molar-refractivity contribution is 1.00. The first kappa shape index (κ1) is 10.6. The molecule has 0 saturated carbocycles. The van der Waals surface area contributed by atoms with Crippen molar-refractivity contribution in [3.05, 3.63) is 41.3 Å². The van der Waals surface area contributed by atoms with Crippen LogP contribution in [0.5, 0.6) is 0 Å². The third-order valence-electron chi connectivity index (χ3n) is 2.13. The minimum absolute atomic E-state index is 0.744. The number of H-pyrrole nitrogens is 1. The van der Waals surface area contributed by atoms with Crippen LogP contribution in [-0.2, 0) is 6.42 Å². The smallest absolute Gasteiger partial charge is 0.107 e. The van der Waals surface area contributed by atoms with Crippen LogP contribution in [0.25, 0.3) is 11.3 Å². The quantitative estimate of drug-likeness (QED) is 0.790. The van der Waals surface area contributed by atoms with Crippen molar-refractivity contribution in [1.82, 2.24) is 9.97 Å². The lowest BCUT2D eigenvalue weighted by Gasteiger charge is -1.97. The second-order valence-electron chi connectivity index (χ2n) is 3.22. The molecule has 4 heteroatoms. The summed E-state index contributed by atoms with van der Waals surface area (Å²) in [6, 6.07) is 7.69. The van der Waals surface area contributed by atoms with Gasteiger partial charge in [0, 0.05) is 11.4 Å². The summed E-state index contributed by atoms with van der Waals surface area (Å²) in [6.07, 6.45) is 2.69. The Morgan fingerprint density at radius 2 is 2.00 bits per heavy atom. The van der Waals surface area contributed by atoms with Crippen molar-refractivity contribution in [1.29, 1.82) is 0 Å². The second-order valence-corrected chi connectivity index (χ2v) is 4.11. The summed E-state index contributed by atoms with van der Waals surface area (Å²) in [5.41, 5.74) is 2.11. The van der Waals surface area contributed by atoms with Gasteiger partial charge in [-0.25, -0.2) is 4.98 Å². The van der Waals surface area contributed by atoms with Gasteiger partial charge in [0.25, 0.3) is 0 Å². The molecule has 0 aliphatic carbocycles. The largest absolute Gasteiger partial charge is 0.342 e. The van der Waals surface area contributed by atoms with E-state index < -0.39 is 0 Å². The van der Waals surface area contributed by atoms with E-state index in [4.69, 9.17) is 11.6 Å². The van der Waals surface area contributed by atoms with Crippen LogP contribution in [0.2, 0.25) is 5.02 Å². The Hall–Kier alpha value is -0.930. The monoisotopic (exact) mass is 238 g/mol. The molecule has 1 aromatic carbocycles. The molecule has 0 bridgehead atoms. The van der Waals surface area contributed by atoms with Crippen molar-refractivity contribution in [2.75, 3.05) is 5.75 Å². The third kappa shape index (κ3) is 2.55. The molecule has 2 nitrogen and oxygen atoms in total. The molecule has 2 rings (SSSR count). The van der Waals surface area contributed by atoms with Crippen LogP contribution in [0.1, 0.15) is 5.82 Å². The number of thiol groups is 1. The summed E-state index contributed by atoms with van der Waals surface area (Å²) in [7, 11) is 0. The van der Waals surface area contributed by atoms with Crippen LogP contribution < -0.4 is 0 Å². The van der Waals surface area contributed by atoms with Crippen LogP contribution in [0.15, 0.2) is 30.5 Å². The maximum absolute atomic E-state index is 5.82. The minimum Gasteiger partial charge on any atom is -0.342 e. The molecule has 15 heavy (non-hydrogen) atoms. The SMILES string of the molecule is SCCc1ncc(-c2ccc(Cl)cc2)[nH]1. The maximum Gasteiger partial charge on any atom is 0.107 e. The van der Waals surface area contributed by atoms with Gasteiger partial charge in [0.05, 0.1) is 11.9 Å². The van der Waals surface area contributed by atoms with Gasteiger partial charge in [-0.1, -0.05) is 23.7 Å².